The van der Waals surface area contributed by atoms with E-state index in [2.05, 4.69) is 10.1 Å². The topological polar surface area (TPSA) is 49.2 Å². The number of aromatic nitrogens is 3. The Bertz CT molecular complexity index is 194. The standard InChI is InChI=1S/C7H13N3O2/c1-3-11-7(12-4-2)10-6-8-5-9-10/h5-7H,3-4H2,1-2H3. The van der Waals surface area contributed by atoms with Crippen LogP contribution in [0.5, 0.6) is 0 Å². The largest absolute Gasteiger partial charge is 0.334 e. The van der Waals surface area contributed by atoms with E-state index in [-0.39, 0.29) is 0 Å². The number of hydrogen-bond acceptors (Lipinski definition) is 4. The van der Waals surface area contributed by atoms with Gasteiger partial charge in [0, 0.05) is 13.2 Å². The Morgan fingerprint density at radius 3 is 2.42 bits per heavy atom. The summed E-state index contributed by atoms with van der Waals surface area (Å²) in [7, 11) is 0. The molecule has 0 saturated carbocycles. The molecule has 68 valence electrons. The second kappa shape index (κ2) is 4.84. The summed E-state index contributed by atoms with van der Waals surface area (Å²) in [5.41, 5.74) is 0. The summed E-state index contributed by atoms with van der Waals surface area (Å²) < 4.78 is 12.1. The van der Waals surface area contributed by atoms with E-state index in [1.54, 1.807) is 6.33 Å². The van der Waals surface area contributed by atoms with Crippen LogP contribution in [0.25, 0.3) is 0 Å². The second-order valence-corrected chi connectivity index (χ2v) is 2.09. The third kappa shape index (κ3) is 2.28. The average molecular weight is 171 g/mol. The molecule has 0 aromatic carbocycles. The van der Waals surface area contributed by atoms with Gasteiger partial charge in [0.15, 0.2) is 0 Å². The van der Waals surface area contributed by atoms with Gasteiger partial charge < -0.3 is 9.47 Å². The van der Waals surface area contributed by atoms with Crippen molar-refractivity contribution in [2.45, 2.75) is 20.3 Å². The molecule has 0 aliphatic carbocycles. The first kappa shape index (κ1) is 9.15. The third-order valence-corrected chi connectivity index (χ3v) is 1.27. The van der Waals surface area contributed by atoms with E-state index in [9.17, 15) is 0 Å². The highest BCUT2D eigenvalue weighted by Gasteiger charge is 2.09. The van der Waals surface area contributed by atoms with Crippen LogP contribution < -0.4 is 0 Å². The molecule has 12 heavy (non-hydrogen) atoms. The molecule has 0 atom stereocenters. The monoisotopic (exact) mass is 171 g/mol. The maximum absolute atomic E-state index is 5.26. The minimum Gasteiger partial charge on any atom is -0.334 e. The van der Waals surface area contributed by atoms with Crippen molar-refractivity contribution in [3.8, 4) is 0 Å². The van der Waals surface area contributed by atoms with Gasteiger partial charge in [0.1, 0.15) is 12.7 Å². The molecule has 5 nitrogen and oxygen atoms in total. The van der Waals surface area contributed by atoms with Crippen LogP contribution in [0, 0.1) is 0 Å². The highest BCUT2D eigenvalue weighted by atomic mass is 16.7. The van der Waals surface area contributed by atoms with Gasteiger partial charge in [-0.05, 0) is 13.8 Å². The van der Waals surface area contributed by atoms with Crippen molar-refractivity contribution in [3.05, 3.63) is 12.7 Å². The average Bonchev–Trinajstić information content (AvgIpc) is 2.56. The Morgan fingerprint density at radius 1 is 1.33 bits per heavy atom. The molecule has 1 heterocycles. The fourth-order valence-electron chi connectivity index (χ4n) is 0.812. The van der Waals surface area contributed by atoms with Gasteiger partial charge in [0.2, 0.25) is 0 Å². The predicted molar refractivity (Wildman–Crippen MR) is 42.3 cm³/mol. The summed E-state index contributed by atoms with van der Waals surface area (Å²) in [6, 6.07) is 0. The Labute approximate surface area is 71.3 Å². The zero-order valence-corrected chi connectivity index (χ0v) is 7.30. The molecule has 0 aliphatic rings. The third-order valence-electron chi connectivity index (χ3n) is 1.27. The lowest BCUT2D eigenvalue weighted by molar-refractivity contribution is -0.192. The van der Waals surface area contributed by atoms with Crippen LogP contribution in [-0.4, -0.2) is 28.0 Å². The molecule has 0 bridgehead atoms. The molecule has 0 saturated heterocycles. The van der Waals surface area contributed by atoms with Gasteiger partial charge in [-0.15, -0.1) is 0 Å². The van der Waals surface area contributed by atoms with Gasteiger partial charge >= 0.3 is 0 Å². The minimum absolute atomic E-state index is 0.442. The zero-order valence-electron chi connectivity index (χ0n) is 7.30. The summed E-state index contributed by atoms with van der Waals surface area (Å²) in [6.07, 6.45) is 2.57. The van der Waals surface area contributed by atoms with E-state index in [0.29, 0.717) is 13.2 Å². The van der Waals surface area contributed by atoms with Crippen LogP contribution >= 0.6 is 0 Å². The molecule has 0 radical (unpaired) electrons. The molecule has 5 heteroatoms. The normalized spacial score (nSPS) is 10.9. The number of hydrogen-bond donors (Lipinski definition) is 0. The van der Waals surface area contributed by atoms with Crippen LogP contribution in [0.2, 0.25) is 0 Å². The number of rotatable bonds is 5. The van der Waals surface area contributed by atoms with E-state index in [4.69, 9.17) is 9.47 Å². The van der Waals surface area contributed by atoms with Crippen molar-refractivity contribution in [1.29, 1.82) is 0 Å². The van der Waals surface area contributed by atoms with Crippen molar-refractivity contribution >= 4 is 0 Å². The van der Waals surface area contributed by atoms with Gasteiger partial charge in [-0.3, -0.25) is 0 Å². The molecule has 1 aromatic heterocycles. The SMILES string of the molecule is CCOC(OCC)n1cncn1. The molecule has 0 spiro atoms. The Morgan fingerprint density at radius 2 is 2.00 bits per heavy atom. The van der Waals surface area contributed by atoms with Crippen molar-refractivity contribution < 1.29 is 9.47 Å². The highest BCUT2D eigenvalue weighted by molar-refractivity contribution is 4.56. The Balaban J connectivity index is 2.53. The fraction of sp³-hybridized carbons (Fsp3) is 0.714. The summed E-state index contributed by atoms with van der Waals surface area (Å²) in [4.78, 5) is 3.80. The van der Waals surface area contributed by atoms with Crippen molar-refractivity contribution in [2.75, 3.05) is 13.2 Å². The molecule has 0 unspecified atom stereocenters. The molecular formula is C7H13N3O2. The van der Waals surface area contributed by atoms with Crippen LogP contribution in [0.1, 0.15) is 20.3 Å². The van der Waals surface area contributed by atoms with E-state index >= 15 is 0 Å². The van der Waals surface area contributed by atoms with Gasteiger partial charge in [-0.25, -0.2) is 4.98 Å². The second-order valence-electron chi connectivity index (χ2n) is 2.09. The Hall–Kier alpha value is -0.940. The summed E-state index contributed by atoms with van der Waals surface area (Å²) in [5.74, 6) is 0. The van der Waals surface area contributed by atoms with Crippen LogP contribution in [-0.2, 0) is 9.47 Å². The van der Waals surface area contributed by atoms with Crippen LogP contribution in [0.3, 0.4) is 0 Å². The van der Waals surface area contributed by atoms with Gasteiger partial charge in [0.05, 0.1) is 0 Å². The molecule has 1 rings (SSSR count). The zero-order chi connectivity index (χ0) is 8.81. The first-order valence-electron chi connectivity index (χ1n) is 3.95. The summed E-state index contributed by atoms with van der Waals surface area (Å²) in [5, 5.41) is 3.91. The lowest BCUT2D eigenvalue weighted by atomic mass is 10.8. The maximum atomic E-state index is 5.26. The van der Waals surface area contributed by atoms with Gasteiger partial charge in [-0.1, -0.05) is 0 Å². The van der Waals surface area contributed by atoms with Crippen LogP contribution in [0.4, 0.5) is 0 Å². The lowest BCUT2D eigenvalue weighted by Gasteiger charge is -2.15. The molecule has 0 amide bonds. The van der Waals surface area contributed by atoms with Crippen molar-refractivity contribution in [2.24, 2.45) is 0 Å². The fourth-order valence-corrected chi connectivity index (χ4v) is 0.812. The summed E-state index contributed by atoms with van der Waals surface area (Å²) >= 11 is 0. The van der Waals surface area contributed by atoms with Crippen molar-refractivity contribution in [1.82, 2.24) is 14.8 Å². The maximum Gasteiger partial charge on any atom is 0.261 e. The predicted octanol–water partition coefficient (Wildman–Crippen LogP) is 0.807. The van der Waals surface area contributed by atoms with Gasteiger partial charge in [0.25, 0.3) is 6.41 Å². The molecule has 1 aromatic rings. The molecule has 0 fully saturated rings. The molecule has 0 N–H and O–H groups in total. The van der Waals surface area contributed by atoms with E-state index in [1.807, 2.05) is 13.8 Å². The minimum atomic E-state index is -0.442. The Kier molecular flexibility index (Phi) is 3.69. The van der Waals surface area contributed by atoms with Crippen molar-refractivity contribution in [3.63, 3.8) is 0 Å². The quantitative estimate of drug-likeness (QED) is 0.615. The summed E-state index contributed by atoms with van der Waals surface area (Å²) in [6.45, 7) is 4.99. The van der Waals surface area contributed by atoms with Gasteiger partial charge in [-0.2, -0.15) is 9.78 Å². The smallest absolute Gasteiger partial charge is 0.261 e. The molecule has 0 aliphatic heterocycles. The van der Waals surface area contributed by atoms with E-state index < -0.39 is 6.41 Å². The molecular weight excluding hydrogens is 158 g/mol. The first-order chi connectivity index (χ1) is 5.88. The van der Waals surface area contributed by atoms with E-state index in [0.717, 1.165) is 0 Å². The number of nitrogens with zero attached hydrogens (tertiary/aromatic N) is 3. The first-order valence-corrected chi connectivity index (χ1v) is 3.95. The highest BCUT2D eigenvalue weighted by Crippen LogP contribution is 2.06. The van der Waals surface area contributed by atoms with Crippen LogP contribution in [0.15, 0.2) is 12.7 Å². The lowest BCUT2D eigenvalue weighted by Crippen LogP contribution is -2.16. The van der Waals surface area contributed by atoms with E-state index in [1.165, 1.54) is 11.0 Å². The number of ether oxygens (including phenoxy) is 2.